The number of rotatable bonds is 6. The Morgan fingerprint density at radius 1 is 1.20 bits per heavy atom. The smallest absolute Gasteiger partial charge is 0.220 e. The SMILES string of the molecule is Cc1ccc(CCC(=O)NCCSC(C)(C)C)cc1C. The molecule has 2 nitrogen and oxygen atoms in total. The van der Waals surface area contributed by atoms with Crippen LogP contribution in [0.25, 0.3) is 0 Å². The van der Waals surface area contributed by atoms with Crippen LogP contribution in [0.1, 0.15) is 43.9 Å². The molecule has 0 aliphatic carbocycles. The molecule has 1 amide bonds. The van der Waals surface area contributed by atoms with Gasteiger partial charge in [0.15, 0.2) is 0 Å². The third-order valence-corrected chi connectivity index (χ3v) is 4.45. The average molecular weight is 293 g/mol. The monoisotopic (exact) mass is 293 g/mol. The van der Waals surface area contributed by atoms with Crippen molar-refractivity contribution in [1.29, 1.82) is 0 Å². The summed E-state index contributed by atoms with van der Waals surface area (Å²) >= 11 is 1.88. The maximum absolute atomic E-state index is 11.8. The number of benzene rings is 1. The number of carbonyl (C=O) groups is 1. The highest BCUT2D eigenvalue weighted by Crippen LogP contribution is 2.22. The number of aryl methyl sites for hydroxylation is 3. The number of carbonyl (C=O) groups excluding carboxylic acids is 1. The van der Waals surface area contributed by atoms with Gasteiger partial charge in [0.05, 0.1) is 0 Å². The molecule has 0 spiro atoms. The molecule has 20 heavy (non-hydrogen) atoms. The molecule has 0 aliphatic rings. The van der Waals surface area contributed by atoms with E-state index in [1.54, 1.807) is 0 Å². The van der Waals surface area contributed by atoms with E-state index in [1.807, 2.05) is 11.8 Å². The largest absolute Gasteiger partial charge is 0.355 e. The second-order valence-corrected chi connectivity index (χ2v) is 8.15. The van der Waals surface area contributed by atoms with Gasteiger partial charge in [0, 0.05) is 23.5 Å². The number of hydrogen-bond donors (Lipinski definition) is 1. The zero-order valence-corrected chi connectivity index (χ0v) is 14.2. The first kappa shape index (κ1) is 17.1. The molecule has 1 aromatic rings. The lowest BCUT2D eigenvalue weighted by molar-refractivity contribution is -0.120. The van der Waals surface area contributed by atoms with Crippen molar-refractivity contribution in [2.45, 2.75) is 52.2 Å². The standard InChI is InChI=1S/C17H27NOS/c1-13-6-7-15(12-14(13)2)8-9-16(19)18-10-11-20-17(3,4)5/h6-7,12H,8-11H2,1-5H3,(H,18,19). The van der Waals surface area contributed by atoms with E-state index in [2.05, 4.69) is 58.1 Å². The molecule has 0 unspecified atom stereocenters. The Balaban J connectivity index is 2.24. The lowest BCUT2D eigenvalue weighted by Crippen LogP contribution is -2.27. The zero-order chi connectivity index (χ0) is 15.2. The Kier molecular flexibility index (Phi) is 6.60. The van der Waals surface area contributed by atoms with E-state index in [1.165, 1.54) is 16.7 Å². The Hall–Kier alpha value is -0.960. The van der Waals surface area contributed by atoms with Gasteiger partial charge in [-0.15, -0.1) is 0 Å². The molecular formula is C17H27NOS. The zero-order valence-electron chi connectivity index (χ0n) is 13.4. The predicted octanol–water partition coefficient (Wildman–Crippen LogP) is 3.88. The van der Waals surface area contributed by atoms with Crippen LogP contribution < -0.4 is 5.32 Å². The first-order valence-corrected chi connectivity index (χ1v) is 8.23. The third-order valence-electron chi connectivity index (χ3n) is 3.17. The highest BCUT2D eigenvalue weighted by Gasteiger charge is 2.10. The van der Waals surface area contributed by atoms with Crippen LogP contribution in [0.15, 0.2) is 18.2 Å². The number of hydrogen-bond acceptors (Lipinski definition) is 2. The summed E-state index contributed by atoms with van der Waals surface area (Å²) < 4.78 is 0.268. The quantitative estimate of drug-likeness (QED) is 0.806. The van der Waals surface area contributed by atoms with Crippen molar-refractivity contribution >= 4 is 17.7 Å². The van der Waals surface area contributed by atoms with Crippen molar-refractivity contribution in [1.82, 2.24) is 5.32 Å². The van der Waals surface area contributed by atoms with Crippen molar-refractivity contribution in [3.05, 3.63) is 34.9 Å². The van der Waals surface area contributed by atoms with Gasteiger partial charge >= 0.3 is 0 Å². The Labute approximate surface area is 127 Å². The normalized spacial score (nSPS) is 11.4. The second kappa shape index (κ2) is 7.72. The summed E-state index contributed by atoms with van der Waals surface area (Å²) in [6.45, 7) is 11.6. The van der Waals surface area contributed by atoms with Gasteiger partial charge in [0.2, 0.25) is 5.91 Å². The summed E-state index contributed by atoms with van der Waals surface area (Å²) in [7, 11) is 0. The molecule has 1 aromatic carbocycles. The van der Waals surface area contributed by atoms with Crippen molar-refractivity contribution in [3.63, 3.8) is 0 Å². The molecule has 0 radical (unpaired) electrons. The van der Waals surface area contributed by atoms with Gasteiger partial charge in [-0.2, -0.15) is 11.8 Å². The molecule has 0 bridgehead atoms. The molecule has 1 rings (SSSR count). The lowest BCUT2D eigenvalue weighted by Gasteiger charge is -2.17. The van der Waals surface area contributed by atoms with Crippen LogP contribution >= 0.6 is 11.8 Å². The van der Waals surface area contributed by atoms with E-state index in [-0.39, 0.29) is 10.7 Å². The maximum atomic E-state index is 11.8. The minimum Gasteiger partial charge on any atom is -0.355 e. The van der Waals surface area contributed by atoms with Crippen molar-refractivity contribution in [2.75, 3.05) is 12.3 Å². The van der Waals surface area contributed by atoms with Crippen molar-refractivity contribution < 1.29 is 4.79 Å². The molecule has 3 heteroatoms. The minimum absolute atomic E-state index is 0.151. The lowest BCUT2D eigenvalue weighted by atomic mass is 10.0. The van der Waals surface area contributed by atoms with Crippen LogP contribution in [0.4, 0.5) is 0 Å². The molecule has 0 fully saturated rings. The summed E-state index contributed by atoms with van der Waals surface area (Å²) in [6, 6.07) is 6.42. The summed E-state index contributed by atoms with van der Waals surface area (Å²) in [5.41, 5.74) is 3.84. The Morgan fingerprint density at radius 3 is 2.50 bits per heavy atom. The van der Waals surface area contributed by atoms with E-state index < -0.39 is 0 Å². The Bertz CT molecular complexity index is 449. The van der Waals surface area contributed by atoms with E-state index >= 15 is 0 Å². The van der Waals surface area contributed by atoms with E-state index in [0.29, 0.717) is 6.42 Å². The molecular weight excluding hydrogens is 266 g/mol. The van der Waals surface area contributed by atoms with Gasteiger partial charge in [0.25, 0.3) is 0 Å². The fourth-order valence-electron chi connectivity index (χ4n) is 1.85. The van der Waals surface area contributed by atoms with Crippen LogP contribution in [0.3, 0.4) is 0 Å². The summed E-state index contributed by atoms with van der Waals surface area (Å²) in [5.74, 6) is 1.12. The van der Waals surface area contributed by atoms with Gasteiger partial charge < -0.3 is 5.32 Å². The van der Waals surface area contributed by atoms with Crippen LogP contribution in [0.5, 0.6) is 0 Å². The topological polar surface area (TPSA) is 29.1 Å². The summed E-state index contributed by atoms with van der Waals surface area (Å²) in [4.78, 5) is 11.8. The van der Waals surface area contributed by atoms with Gasteiger partial charge in [-0.25, -0.2) is 0 Å². The van der Waals surface area contributed by atoms with E-state index in [9.17, 15) is 4.79 Å². The van der Waals surface area contributed by atoms with E-state index in [0.717, 1.165) is 18.7 Å². The van der Waals surface area contributed by atoms with Crippen LogP contribution in [0, 0.1) is 13.8 Å². The molecule has 0 saturated carbocycles. The van der Waals surface area contributed by atoms with Gasteiger partial charge in [-0.3, -0.25) is 4.79 Å². The van der Waals surface area contributed by atoms with Crippen molar-refractivity contribution in [2.24, 2.45) is 0 Å². The first-order chi connectivity index (χ1) is 9.28. The van der Waals surface area contributed by atoms with E-state index in [4.69, 9.17) is 0 Å². The molecule has 0 atom stereocenters. The summed E-state index contributed by atoms with van der Waals surface area (Å²) in [6.07, 6.45) is 1.39. The Morgan fingerprint density at radius 2 is 1.90 bits per heavy atom. The molecule has 0 aromatic heterocycles. The average Bonchev–Trinajstić information content (AvgIpc) is 2.35. The van der Waals surface area contributed by atoms with Crippen LogP contribution in [0.2, 0.25) is 0 Å². The number of nitrogens with one attached hydrogen (secondary N) is 1. The van der Waals surface area contributed by atoms with Crippen molar-refractivity contribution in [3.8, 4) is 0 Å². The molecule has 0 aliphatic heterocycles. The first-order valence-electron chi connectivity index (χ1n) is 7.25. The number of thioether (sulfide) groups is 1. The predicted molar refractivity (Wildman–Crippen MR) is 89.5 cm³/mol. The third kappa shape index (κ3) is 6.99. The highest BCUT2D eigenvalue weighted by molar-refractivity contribution is 8.00. The molecule has 112 valence electrons. The van der Waals surface area contributed by atoms with Gasteiger partial charge in [0.1, 0.15) is 0 Å². The van der Waals surface area contributed by atoms with Gasteiger partial charge in [-0.1, -0.05) is 39.0 Å². The molecule has 0 heterocycles. The second-order valence-electron chi connectivity index (χ2n) is 6.23. The van der Waals surface area contributed by atoms with Crippen LogP contribution in [-0.2, 0) is 11.2 Å². The molecule has 0 saturated heterocycles. The number of amides is 1. The highest BCUT2D eigenvalue weighted by atomic mass is 32.2. The molecule has 1 N–H and O–H groups in total. The maximum Gasteiger partial charge on any atom is 0.220 e. The minimum atomic E-state index is 0.151. The fourth-order valence-corrected chi connectivity index (χ4v) is 2.67. The fraction of sp³-hybridized carbons (Fsp3) is 0.588. The van der Waals surface area contributed by atoms with Crippen LogP contribution in [-0.4, -0.2) is 23.0 Å². The van der Waals surface area contributed by atoms with Gasteiger partial charge in [-0.05, 0) is 37.0 Å². The summed E-state index contributed by atoms with van der Waals surface area (Å²) in [5, 5.41) is 2.99.